The number of halogens is 2. The van der Waals surface area contributed by atoms with Crippen molar-refractivity contribution < 1.29 is 13.9 Å². The summed E-state index contributed by atoms with van der Waals surface area (Å²) < 4.78 is 13.0. The Kier molecular flexibility index (Phi) is 7.18. The average Bonchev–Trinajstić information content (AvgIpc) is 3.48. The molecule has 188 valence electrons. The summed E-state index contributed by atoms with van der Waals surface area (Å²) in [6.45, 7) is 1.75. The first-order chi connectivity index (χ1) is 17.8. The van der Waals surface area contributed by atoms with Gasteiger partial charge in [0.05, 0.1) is 34.0 Å². The third-order valence-corrected chi connectivity index (χ3v) is 8.24. The number of carbonyl (C=O) groups is 1. The van der Waals surface area contributed by atoms with Crippen molar-refractivity contribution in [3.05, 3.63) is 107 Å². The molecule has 1 aliphatic heterocycles. The molecule has 0 fully saturated rings. The molecule has 0 aliphatic carbocycles. The molecule has 37 heavy (non-hydrogen) atoms. The van der Waals surface area contributed by atoms with Crippen molar-refractivity contribution in [2.75, 3.05) is 13.4 Å². The number of allylic oxidation sites excluding steroid dienone is 1. The molecule has 2 aromatic heterocycles. The summed E-state index contributed by atoms with van der Waals surface area (Å²) in [7, 11) is 1.32. The van der Waals surface area contributed by atoms with Crippen LogP contribution in [0.5, 0.6) is 0 Å². The van der Waals surface area contributed by atoms with E-state index in [2.05, 4.69) is 4.99 Å². The SMILES string of the molecule is COC(=O)C1=C(C)N=c2sc(=Cc3ccc(-c4cc(Cl)ccc4Cl)o3)c(=O)n2C1c1ccc(SC)cc1. The van der Waals surface area contributed by atoms with Gasteiger partial charge >= 0.3 is 5.97 Å². The molecule has 4 aromatic rings. The van der Waals surface area contributed by atoms with Gasteiger partial charge in [-0.2, -0.15) is 0 Å². The van der Waals surface area contributed by atoms with Gasteiger partial charge in [0, 0.05) is 21.6 Å². The predicted octanol–water partition coefficient (Wildman–Crippen LogP) is 5.70. The number of methoxy groups -OCH3 is 1. The number of rotatable bonds is 5. The van der Waals surface area contributed by atoms with Gasteiger partial charge in [-0.05, 0) is 61.2 Å². The highest BCUT2D eigenvalue weighted by Crippen LogP contribution is 2.33. The van der Waals surface area contributed by atoms with E-state index >= 15 is 0 Å². The van der Waals surface area contributed by atoms with Crippen LogP contribution in [0.15, 0.2) is 85.0 Å². The maximum absolute atomic E-state index is 13.7. The lowest BCUT2D eigenvalue weighted by Gasteiger charge is -2.24. The van der Waals surface area contributed by atoms with Gasteiger partial charge in [0.1, 0.15) is 11.5 Å². The number of ether oxygens (including phenoxy) is 1. The highest BCUT2D eigenvalue weighted by molar-refractivity contribution is 7.98. The van der Waals surface area contributed by atoms with Crippen molar-refractivity contribution in [1.82, 2.24) is 4.57 Å². The first-order valence-electron chi connectivity index (χ1n) is 11.1. The van der Waals surface area contributed by atoms with E-state index in [0.717, 1.165) is 10.5 Å². The Morgan fingerprint density at radius 2 is 1.92 bits per heavy atom. The van der Waals surface area contributed by atoms with Gasteiger partial charge in [-0.15, -0.1) is 11.8 Å². The summed E-state index contributed by atoms with van der Waals surface area (Å²) in [5, 5.41) is 1.04. The predicted molar refractivity (Wildman–Crippen MR) is 148 cm³/mol. The lowest BCUT2D eigenvalue weighted by molar-refractivity contribution is -0.136. The van der Waals surface area contributed by atoms with Crippen LogP contribution in [0.3, 0.4) is 0 Å². The van der Waals surface area contributed by atoms with Crippen molar-refractivity contribution in [3.8, 4) is 11.3 Å². The van der Waals surface area contributed by atoms with Crippen LogP contribution in [0.4, 0.5) is 0 Å². The second kappa shape index (κ2) is 10.4. The fraction of sp³-hybridized carbons (Fsp3) is 0.148. The van der Waals surface area contributed by atoms with Crippen LogP contribution in [-0.2, 0) is 9.53 Å². The van der Waals surface area contributed by atoms with Crippen molar-refractivity contribution in [1.29, 1.82) is 0 Å². The third kappa shape index (κ3) is 4.82. The number of furan rings is 1. The zero-order chi connectivity index (χ0) is 26.3. The molecule has 5 rings (SSSR count). The first kappa shape index (κ1) is 25.6. The molecule has 0 amide bonds. The Morgan fingerprint density at radius 1 is 1.16 bits per heavy atom. The highest BCUT2D eigenvalue weighted by atomic mass is 35.5. The molecule has 2 aromatic carbocycles. The van der Waals surface area contributed by atoms with Crippen LogP contribution < -0.4 is 14.9 Å². The molecule has 6 nitrogen and oxygen atoms in total. The molecule has 1 unspecified atom stereocenters. The Hall–Kier alpha value is -3.04. The fourth-order valence-corrected chi connectivity index (χ4v) is 6.00. The van der Waals surface area contributed by atoms with Gasteiger partial charge < -0.3 is 9.15 Å². The number of carbonyl (C=O) groups excluding carboxylic acids is 1. The van der Waals surface area contributed by atoms with Crippen LogP contribution in [0.25, 0.3) is 17.4 Å². The summed E-state index contributed by atoms with van der Waals surface area (Å²) in [6, 6.07) is 15.8. The van der Waals surface area contributed by atoms with Crippen molar-refractivity contribution in [2.45, 2.75) is 17.9 Å². The summed E-state index contributed by atoms with van der Waals surface area (Å²) in [4.78, 5) is 32.6. The van der Waals surface area contributed by atoms with Crippen LogP contribution in [-0.4, -0.2) is 23.9 Å². The monoisotopic (exact) mass is 570 g/mol. The van der Waals surface area contributed by atoms with Gasteiger partial charge in [-0.3, -0.25) is 9.36 Å². The van der Waals surface area contributed by atoms with Crippen LogP contribution in [0.2, 0.25) is 10.0 Å². The molecule has 0 saturated carbocycles. The molecule has 10 heteroatoms. The molecular weight excluding hydrogens is 551 g/mol. The zero-order valence-electron chi connectivity index (χ0n) is 20.0. The number of esters is 1. The first-order valence-corrected chi connectivity index (χ1v) is 13.9. The summed E-state index contributed by atoms with van der Waals surface area (Å²) in [6.07, 6.45) is 3.65. The van der Waals surface area contributed by atoms with E-state index in [-0.39, 0.29) is 5.56 Å². The van der Waals surface area contributed by atoms with Crippen molar-refractivity contribution >= 4 is 58.3 Å². The third-order valence-electron chi connectivity index (χ3n) is 5.95. The van der Waals surface area contributed by atoms with Crippen LogP contribution in [0.1, 0.15) is 24.3 Å². The quantitative estimate of drug-likeness (QED) is 0.227. The normalized spacial score (nSPS) is 15.5. The zero-order valence-corrected chi connectivity index (χ0v) is 23.1. The van der Waals surface area contributed by atoms with E-state index in [0.29, 0.717) is 47.7 Å². The summed E-state index contributed by atoms with van der Waals surface area (Å²) in [5.74, 6) is 0.478. The summed E-state index contributed by atoms with van der Waals surface area (Å²) in [5.41, 5.74) is 2.00. The number of aromatic nitrogens is 1. The Labute approximate surface area is 230 Å². The largest absolute Gasteiger partial charge is 0.466 e. The Balaban J connectivity index is 1.64. The number of hydrogen-bond donors (Lipinski definition) is 0. The maximum atomic E-state index is 13.7. The van der Waals surface area contributed by atoms with Gasteiger partial charge in [0.2, 0.25) is 0 Å². The number of fused-ring (bicyclic) bond motifs is 1. The number of thioether (sulfide) groups is 1. The highest BCUT2D eigenvalue weighted by Gasteiger charge is 2.33. The average molecular weight is 572 g/mol. The second-order valence-corrected chi connectivity index (χ2v) is 10.9. The van der Waals surface area contributed by atoms with E-state index in [4.69, 9.17) is 32.4 Å². The topological polar surface area (TPSA) is 73.8 Å². The molecule has 0 saturated heterocycles. The van der Waals surface area contributed by atoms with E-state index in [1.54, 1.807) is 59.7 Å². The van der Waals surface area contributed by atoms with E-state index in [1.165, 1.54) is 18.4 Å². The van der Waals surface area contributed by atoms with Gasteiger partial charge in [-0.25, -0.2) is 9.79 Å². The van der Waals surface area contributed by atoms with Gasteiger partial charge in [0.15, 0.2) is 4.80 Å². The smallest absolute Gasteiger partial charge is 0.338 e. The minimum absolute atomic E-state index is 0.282. The van der Waals surface area contributed by atoms with Crippen molar-refractivity contribution in [3.63, 3.8) is 0 Å². The van der Waals surface area contributed by atoms with Gasteiger partial charge in [0.25, 0.3) is 5.56 Å². The number of hydrogen-bond acceptors (Lipinski definition) is 7. The molecule has 1 aliphatic rings. The van der Waals surface area contributed by atoms with E-state index in [1.807, 2.05) is 30.5 Å². The molecule has 1 atom stereocenters. The molecule has 3 heterocycles. The standard InChI is InChI=1S/C27H20Cl2N2O4S2/c1-14-23(26(33)34-2)24(15-4-8-18(36-3)9-5-15)31-25(32)22(37-27(31)30-14)13-17-7-11-21(35-17)19-12-16(28)6-10-20(19)29/h4-13,24H,1-3H3. The lowest BCUT2D eigenvalue weighted by atomic mass is 9.96. The van der Waals surface area contributed by atoms with E-state index < -0.39 is 12.0 Å². The van der Waals surface area contributed by atoms with Gasteiger partial charge in [-0.1, -0.05) is 46.7 Å². The molecule has 0 N–H and O–H groups in total. The number of nitrogens with zero attached hydrogens (tertiary/aromatic N) is 2. The lowest BCUT2D eigenvalue weighted by Crippen LogP contribution is -2.39. The molecule has 0 spiro atoms. The van der Waals surface area contributed by atoms with Crippen LogP contribution in [0, 0.1) is 0 Å². The second-order valence-electron chi connectivity index (χ2n) is 8.17. The molecule has 0 radical (unpaired) electrons. The van der Waals surface area contributed by atoms with Crippen LogP contribution >= 0.6 is 46.3 Å². The Morgan fingerprint density at radius 3 is 2.62 bits per heavy atom. The minimum atomic E-state index is -0.667. The fourth-order valence-electron chi connectivity index (χ4n) is 4.18. The molecule has 0 bridgehead atoms. The maximum Gasteiger partial charge on any atom is 0.338 e. The van der Waals surface area contributed by atoms with E-state index in [9.17, 15) is 9.59 Å². The summed E-state index contributed by atoms with van der Waals surface area (Å²) >= 11 is 15.3. The molecular formula is C27H20Cl2N2O4S2. The number of benzene rings is 2. The minimum Gasteiger partial charge on any atom is -0.466 e. The Bertz CT molecular complexity index is 1730. The van der Waals surface area contributed by atoms with Crippen molar-refractivity contribution in [2.24, 2.45) is 4.99 Å². The number of thiazole rings is 1.